The zero-order valence-electron chi connectivity index (χ0n) is 10.2. The van der Waals surface area contributed by atoms with Gasteiger partial charge in [0.15, 0.2) is 0 Å². The number of carbonyl (C=O) groups excluding carboxylic acids is 1. The van der Waals surface area contributed by atoms with Gasteiger partial charge in [0.25, 0.3) is 5.91 Å². The van der Waals surface area contributed by atoms with E-state index in [1.54, 1.807) is 24.3 Å². The van der Waals surface area contributed by atoms with Crippen molar-refractivity contribution in [2.24, 2.45) is 5.73 Å². The maximum atomic E-state index is 13.3. The normalized spacial score (nSPS) is 10.1. The first-order valence-corrected chi connectivity index (χ1v) is 6.43. The van der Waals surface area contributed by atoms with E-state index in [4.69, 9.17) is 29.6 Å². The first-order chi connectivity index (χ1) is 9.50. The maximum Gasteiger partial charge on any atom is 0.257 e. The number of rotatable bonds is 3. The Balaban J connectivity index is 2.33. The van der Waals surface area contributed by atoms with Crippen LogP contribution in [0, 0.1) is 5.82 Å². The van der Waals surface area contributed by atoms with Gasteiger partial charge >= 0.3 is 0 Å². The monoisotopic (exact) mass is 308 g/mol. The number of thiocarbonyl (C=S) groups is 1. The second-order valence-corrected chi connectivity index (χ2v) is 4.78. The molecular formula is C14H10ClFN2OS. The predicted molar refractivity (Wildman–Crippen MR) is 81.7 cm³/mol. The molecule has 0 aromatic heterocycles. The minimum Gasteiger partial charge on any atom is -0.389 e. The minimum atomic E-state index is -0.651. The number of hydrogen-bond donors (Lipinski definition) is 2. The first kappa shape index (κ1) is 14.4. The number of carbonyl (C=O) groups is 1. The lowest BCUT2D eigenvalue weighted by Gasteiger charge is -2.10. The van der Waals surface area contributed by atoms with Crippen LogP contribution in [0.1, 0.15) is 15.9 Å². The van der Waals surface area contributed by atoms with Crippen molar-refractivity contribution in [3.63, 3.8) is 0 Å². The van der Waals surface area contributed by atoms with Crippen LogP contribution in [0.3, 0.4) is 0 Å². The van der Waals surface area contributed by atoms with Crippen LogP contribution < -0.4 is 11.1 Å². The number of para-hydroxylation sites is 1. The topological polar surface area (TPSA) is 55.1 Å². The fourth-order valence-electron chi connectivity index (χ4n) is 1.68. The second-order valence-electron chi connectivity index (χ2n) is 3.97. The summed E-state index contributed by atoms with van der Waals surface area (Å²) in [5.74, 6) is -1.18. The SMILES string of the molecule is NC(=S)c1ccccc1NC(=O)c1cccc(F)c1Cl. The highest BCUT2D eigenvalue weighted by Crippen LogP contribution is 2.22. The molecule has 3 N–H and O–H groups in total. The van der Waals surface area contributed by atoms with Crippen LogP contribution in [0.4, 0.5) is 10.1 Å². The number of nitrogens with two attached hydrogens (primary N) is 1. The van der Waals surface area contributed by atoms with Gasteiger partial charge in [0.2, 0.25) is 0 Å². The van der Waals surface area contributed by atoms with Crippen molar-refractivity contribution in [2.75, 3.05) is 5.32 Å². The minimum absolute atomic E-state index is 0.0457. The molecule has 0 unspecified atom stereocenters. The summed E-state index contributed by atoms with van der Waals surface area (Å²) in [6, 6.07) is 10.8. The number of hydrogen-bond acceptors (Lipinski definition) is 2. The summed E-state index contributed by atoms with van der Waals surface area (Å²) >= 11 is 10.7. The molecule has 1 amide bonds. The Kier molecular flexibility index (Phi) is 4.32. The molecule has 0 atom stereocenters. The smallest absolute Gasteiger partial charge is 0.257 e. The average Bonchev–Trinajstić information content (AvgIpc) is 2.42. The van der Waals surface area contributed by atoms with Gasteiger partial charge in [-0.05, 0) is 24.3 Å². The lowest BCUT2D eigenvalue weighted by atomic mass is 10.1. The lowest BCUT2D eigenvalue weighted by molar-refractivity contribution is 0.102. The molecule has 20 heavy (non-hydrogen) atoms. The summed E-state index contributed by atoms with van der Waals surface area (Å²) < 4.78 is 13.3. The molecule has 2 aromatic carbocycles. The molecule has 0 fully saturated rings. The van der Waals surface area contributed by atoms with Crippen LogP contribution in [0.2, 0.25) is 5.02 Å². The highest BCUT2D eigenvalue weighted by atomic mass is 35.5. The average molecular weight is 309 g/mol. The van der Waals surface area contributed by atoms with Gasteiger partial charge in [-0.2, -0.15) is 0 Å². The third-order valence-electron chi connectivity index (χ3n) is 2.64. The van der Waals surface area contributed by atoms with Crippen molar-refractivity contribution >= 4 is 40.4 Å². The summed E-state index contributed by atoms with van der Waals surface area (Å²) in [5, 5.41) is 2.39. The van der Waals surface area contributed by atoms with Crippen LogP contribution in [0.15, 0.2) is 42.5 Å². The van der Waals surface area contributed by atoms with Gasteiger partial charge in [-0.3, -0.25) is 4.79 Å². The van der Waals surface area contributed by atoms with E-state index in [2.05, 4.69) is 5.32 Å². The molecule has 102 valence electrons. The van der Waals surface area contributed by atoms with Crippen LogP contribution in [-0.4, -0.2) is 10.9 Å². The summed E-state index contributed by atoms with van der Waals surface area (Å²) in [6.07, 6.45) is 0. The van der Waals surface area contributed by atoms with Crippen molar-refractivity contribution in [1.29, 1.82) is 0 Å². The second kappa shape index (κ2) is 5.98. The Morgan fingerprint density at radius 3 is 2.50 bits per heavy atom. The van der Waals surface area contributed by atoms with Gasteiger partial charge in [0.1, 0.15) is 10.8 Å². The van der Waals surface area contributed by atoms with E-state index < -0.39 is 11.7 Å². The van der Waals surface area contributed by atoms with E-state index in [9.17, 15) is 9.18 Å². The van der Waals surface area contributed by atoms with E-state index in [-0.39, 0.29) is 15.6 Å². The van der Waals surface area contributed by atoms with Crippen LogP contribution in [-0.2, 0) is 0 Å². The Labute approximate surface area is 125 Å². The number of amides is 1. The third kappa shape index (κ3) is 2.95. The van der Waals surface area contributed by atoms with E-state index in [1.165, 1.54) is 18.2 Å². The van der Waals surface area contributed by atoms with Crippen LogP contribution in [0.5, 0.6) is 0 Å². The van der Waals surface area contributed by atoms with Crippen molar-refractivity contribution < 1.29 is 9.18 Å². The molecule has 2 rings (SSSR count). The number of anilines is 1. The maximum absolute atomic E-state index is 13.3. The Bertz CT molecular complexity index is 691. The lowest BCUT2D eigenvalue weighted by Crippen LogP contribution is -2.18. The Morgan fingerprint density at radius 1 is 1.15 bits per heavy atom. The molecule has 0 spiro atoms. The highest BCUT2D eigenvalue weighted by molar-refractivity contribution is 7.80. The fraction of sp³-hybridized carbons (Fsp3) is 0. The molecule has 0 aliphatic rings. The van der Waals surface area contributed by atoms with Crippen molar-refractivity contribution in [3.8, 4) is 0 Å². The van der Waals surface area contributed by atoms with Gasteiger partial charge in [-0.1, -0.05) is 42.0 Å². The van der Waals surface area contributed by atoms with E-state index in [0.29, 0.717) is 11.3 Å². The number of halogens is 2. The molecule has 0 saturated carbocycles. The zero-order valence-corrected chi connectivity index (χ0v) is 11.8. The molecule has 2 aromatic rings. The van der Waals surface area contributed by atoms with Gasteiger partial charge in [-0.25, -0.2) is 4.39 Å². The van der Waals surface area contributed by atoms with Crippen molar-refractivity contribution in [2.45, 2.75) is 0 Å². The fourth-order valence-corrected chi connectivity index (χ4v) is 2.07. The molecule has 0 saturated heterocycles. The van der Waals surface area contributed by atoms with E-state index in [1.807, 2.05) is 0 Å². The van der Waals surface area contributed by atoms with Crippen molar-refractivity contribution in [1.82, 2.24) is 0 Å². The first-order valence-electron chi connectivity index (χ1n) is 5.65. The summed E-state index contributed by atoms with van der Waals surface area (Å²) in [5.41, 5.74) is 6.60. The summed E-state index contributed by atoms with van der Waals surface area (Å²) in [6.45, 7) is 0. The van der Waals surface area contributed by atoms with Crippen LogP contribution in [0.25, 0.3) is 0 Å². The predicted octanol–water partition coefficient (Wildman–Crippen LogP) is 3.37. The molecule has 3 nitrogen and oxygen atoms in total. The van der Waals surface area contributed by atoms with Gasteiger partial charge < -0.3 is 11.1 Å². The van der Waals surface area contributed by atoms with Crippen molar-refractivity contribution in [3.05, 3.63) is 64.4 Å². The molecular weight excluding hydrogens is 299 g/mol. The standard InChI is InChI=1S/C14H10ClFN2OS/c15-12-9(5-3-6-10(12)16)14(19)18-11-7-2-1-4-8(11)13(17)20/h1-7H,(H2,17,20)(H,18,19). The Morgan fingerprint density at radius 2 is 1.80 bits per heavy atom. The van der Waals surface area contributed by atoms with E-state index in [0.717, 1.165) is 0 Å². The van der Waals surface area contributed by atoms with Gasteiger partial charge in [0, 0.05) is 5.56 Å². The largest absolute Gasteiger partial charge is 0.389 e. The zero-order chi connectivity index (χ0) is 14.7. The molecule has 0 aliphatic carbocycles. The quantitative estimate of drug-likeness (QED) is 0.855. The molecule has 0 aliphatic heterocycles. The third-order valence-corrected chi connectivity index (χ3v) is 3.24. The van der Waals surface area contributed by atoms with Gasteiger partial charge in [0.05, 0.1) is 16.3 Å². The molecule has 6 heteroatoms. The molecule has 0 bridgehead atoms. The highest BCUT2D eigenvalue weighted by Gasteiger charge is 2.15. The number of benzene rings is 2. The Hall–Kier alpha value is -1.98. The van der Waals surface area contributed by atoms with E-state index >= 15 is 0 Å². The number of nitrogens with one attached hydrogen (secondary N) is 1. The van der Waals surface area contributed by atoms with Crippen LogP contribution >= 0.6 is 23.8 Å². The molecule has 0 radical (unpaired) electrons. The summed E-state index contributed by atoms with van der Waals surface area (Å²) in [7, 11) is 0. The summed E-state index contributed by atoms with van der Waals surface area (Å²) in [4.78, 5) is 12.3. The van der Waals surface area contributed by atoms with Gasteiger partial charge in [-0.15, -0.1) is 0 Å². The molecule has 0 heterocycles.